The molecular formula is C9H11NO2S2. The highest BCUT2D eigenvalue weighted by atomic mass is 32.2. The molecule has 0 aliphatic carbocycles. The summed E-state index contributed by atoms with van der Waals surface area (Å²) in [6, 6.07) is 3.56. The van der Waals surface area contributed by atoms with Gasteiger partial charge in [0.1, 0.15) is 4.21 Å². The Morgan fingerprint density at radius 1 is 1.50 bits per heavy atom. The molecule has 0 aromatic carbocycles. The van der Waals surface area contributed by atoms with E-state index in [1.807, 2.05) is 6.07 Å². The van der Waals surface area contributed by atoms with Crippen molar-refractivity contribution in [2.45, 2.75) is 29.7 Å². The van der Waals surface area contributed by atoms with Crippen molar-refractivity contribution in [3.05, 3.63) is 17.0 Å². The lowest BCUT2D eigenvalue weighted by Crippen LogP contribution is -2.29. The third kappa shape index (κ3) is 1.56. The number of nitriles is 1. The molecule has 0 amide bonds. The maximum atomic E-state index is 12.0. The number of rotatable bonds is 2. The first-order chi connectivity index (χ1) is 6.33. The van der Waals surface area contributed by atoms with Gasteiger partial charge in [-0.1, -0.05) is 0 Å². The number of aryl methyl sites for hydroxylation is 1. The molecule has 0 aliphatic rings. The van der Waals surface area contributed by atoms with Crippen LogP contribution in [0.5, 0.6) is 0 Å². The van der Waals surface area contributed by atoms with Gasteiger partial charge < -0.3 is 0 Å². The third-order valence-corrected chi connectivity index (χ3v) is 6.00. The molecule has 0 saturated heterocycles. The molecule has 0 bridgehead atoms. The van der Waals surface area contributed by atoms with Crippen LogP contribution in [0.4, 0.5) is 0 Å². The zero-order valence-electron chi connectivity index (χ0n) is 8.23. The normalized spacial score (nSPS) is 12.4. The van der Waals surface area contributed by atoms with Crippen LogP contribution in [-0.2, 0) is 9.84 Å². The smallest absolute Gasteiger partial charge is 0.206 e. The van der Waals surface area contributed by atoms with Crippen molar-refractivity contribution in [3.63, 3.8) is 0 Å². The summed E-state index contributed by atoms with van der Waals surface area (Å²) in [6.45, 7) is 4.57. The summed E-state index contributed by atoms with van der Waals surface area (Å²) >= 11 is 1.16. The molecule has 3 nitrogen and oxygen atoms in total. The van der Waals surface area contributed by atoms with Crippen molar-refractivity contribution in [1.29, 1.82) is 5.26 Å². The molecule has 0 radical (unpaired) electrons. The van der Waals surface area contributed by atoms with Crippen LogP contribution in [0.1, 0.15) is 19.4 Å². The van der Waals surface area contributed by atoms with Crippen LogP contribution in [0.25, 0.3) is 0 Å². The van der Waals surface area contributed by atoms with Crippen LogP contribution < -0.4 is 0 Å². The summed E-state index contributed by atoms with van der Waals surface area (Å²) in [7, 11) is -3.52. The number of hydrogen-bond acceptors (Lipinski definition) is 4. The topological polar surface area (TPSA) is 57.9 Å². The van der Waals surface area contributed by atoms with E-state index in [1.54, 1.807) is 18.4 Å². The van der Waals surface area contributed by atoms with Crippen LogP contribution in [0, 0.1) is 18.3 Å². The summed E-state index contributed by atoms with van der Waals surface area (Å²) < 4.78 is 22.8. The molecule has 1 heterocycles. The fourth-order valence-electron chi connectivity index (χ4n) is 0.926. The van der Waals surface area contributed by atoms with Gasteiger partial charge in [0, 0.05) is 0 Å². The van der Waals surface area contributed by atoms with Crippen LogP contribution >= 0.6 is 11.3 Å². The molecule has 0 atom stereocenters. The van der Waals surface area contributed by atoms with E-state index in [4.69, 9.17) is 5.26 Å². The van der Waals surface area contributed by atoms with Gasteiger partial charge in [0.2, 0.25) is 9.84 Å². The largest absolute Gasteiger partial charge is 0.221 e. The van der Waals surface area contributed by atoms with Crippen LogP contribution in [0.2, 0.25) is 0 Å². The highest BCUT2D eigenvalue weighted by molar-refractivity contribution is 7.95. The van der Waals surface area contributed by atoms with Crippen molar-refractivity contribution < 1.29 is 8.42 Å². The Kier molecular flexibility index (Phi) is 2.70. The second kappa shape index (κ2) is 3.37. The van der Waals surface area contributed by atoms with Crippen molar-refractivity contribution in [3.8, 4) is 6.07 Å². The number of thiophene rings is 1. The SMILES string of the molecule is Cc1ccsc1S(=O)(=O)C(C)(C)C#N. The molecule has 1 rings (SSSR count). The van der Waals surface area contributed by atoms with E-state index in [9.17, 15) is 8.42 Å². The lowest BCUT2D eigenvalue weighted by atomic mass is 10.2. The van der Waals surface area contributed by atoms with E-state index < -0.39 is 14.6 Å². The number of sulfone groups is 1. The van der Waals surface area contributed by atoms with Crippen LogP contribution in [0.3, 0.4) is 0 Å². The number of hydrogen-bond donors (Lipinski definition) is 0. The van der Waals surface area contributed by atoms with E-state index in [1.165, 1.54) is 13.8 Å². The first-order valence-corrected chi connectivity index (χ1v) is 6.39. The van der Waals surface area contributed by atoms with Gasteiger partial charge in [-0.15, -0.1) is 11.3 Å². The highest BCUT2D eigenvalue weighted by Crippen LogP contribution is 2.30. The standard InChI is InChI=1S/C9H11NO2S2/c1-7-4-5-13-8(7)14(11,12)9(2,3)6-10/h4-5H,1-3H3. The third-order valence-electron chi connectivity index (χ3n) is 2.00. The first kappa shape index (κ1) is 11.2. The maximum absolute atomic E-state index is 12.0. The highest BCUT2D eigenvalue weighted by Gasteiger charge is 2.37. The molecule has 1 aromatic heterocycles. The van der Waals surface area contributed by atoms with Crippen molar-refractivity contribution in [2.24, 2.45) is 0 Å². The lowest BCUT2D eigenvalue weighted by molar-refractivity contribution is 0.576. The number of nitrogens with zero attached hydrogens (tertiary/aromatic N) is 1. The van der Waals surface area contributed by atoms with Crippen molar-refractivity contribution in [2.75, 3.05) is 0 Å². The Hall–Kier alpha value is -0.860. The average molecular weight is 229 g/mol. The van der Waals surface area contributed by atoms with Gasteiger partial charge in [-0.25, -0.2) is 8.42 Å². The molecule has 0 fully saturated rings. The zero-order valence-corrected chi connectivity index (χ0v) is 9.87. The minimum Gasteiger partial charge on any atom is -0.221 e. The summed E-state index contributed by atoms with van der Waals surface area (Å²) in [5.41, 5.74) is 0.707. The summed E-state index contributed by atoms with van der Waals surface area (Å²) in [5.74, 6) is 0. The summed E-state index contributed by atoms with van der Waals surface area (Å²) in [5, 5.41) is 10.5. The van der Waals surface area contributed by atoms with E-state index >= 15 is 0 Å². The van der Waals surface area contributed by atoms with Gasteiger partial charge in [-0.3, -0.25) is 0 Å². The van der Waals surface area contributed by atoms with E-state index in [2.05, 4.69) is 0 Å². The quantitative estimate of drug-likeness (QED) is 0.780. The van der Waals surface area contributed by atoms with Gasteiger partial charge in [-0.05, 0) is 37.8 Å². The van der Waals surface area contributed by atoms with Crippen LogP contribution in [-0.4, -0.2) is 13.2 Å². The molecule has 76 valence electrons. The van der Waals surface area contributed by atoms with E-state index in [0.29, 0.717) is 9.77 Å². The van der Waals surface area contributed by atoms with E-state index in [-0.39, 0.29) is 0 Å². The Morgan fingerprint density at radius 2 is 2.07 bits per heavy atom. The molecule has 5 heteroatoms. The molecule has 0 saturated carbocycles. The van der Waals surface area contributed by atoms with E-state index in [0.717, 1.165) is 11.3 Å². The maximum Gasteiger partial charge on any atom is 0.206 e. The van der Waals surface area contributed by atoms with Gasteiger partial charge >= 0.3 is 0 Å². The Bertz CT molecular complexity index is 477. The molecule has 1 aromatic rings. The minimum absolute atomic E-state index is 0.295. The van der Waals surface area contributed by atoms with Crippen LogP contribution in [0.15, 0.2) is 15.7 Å². The van der Waals surface area contributed by atoms with Crippen molar-refractivity contribution >= 4 is 21.2 Å². The van der Waals surface area contributed by atoms with Crippen molar-refractivity contribution in [1.82, 2.24) is 0 Å². The molecule has 0 aliphatic heterocycles. The second-order valence-electron chi connectivity index (χ2n) is 3.52. The zero-order chi connectivity index (χ0) is 11.0. The first-order valence-electron chi connectivity index (χ1n) is 4.03. The molecule has 0 spiro atoms. The Balaban J connectivity index is 3.39. The predicted octanol–water partition coefficient (Wildman–Crippen LogP) is 2.13. The second-order valence-corrected chi connectivity index (χ2v) is 7.13. The fraction of sp³-hybridized carbons (Fsp3) is 0.444. The predicted molar refractivity (Wildman–Crippen MR) is 55.9 cm³/mol. The Morgan fingerprint density at radius 3 is 2.43 bits per heavy atom. The molecule has 0 unspecified atom stereocenters. The van der Waals surface area contributed by atoms with Gasteiger partial charge in [-0.2, -0.15) is 5.26 Å². The minimum atomic E-state index is -3.52. The summed E-state index contributed by atoms with van der Waals surface area (Å²) in [6.07, 6.45) is 0. The fourth-order valence-corrected chi connectivity index (χ4v) is 3.95. The molecule has 0 N–H and O–H groups in total. The van der Waals surface area contributed by atoms with Gasteiger partial charge in [0.05, 0.1) is 6.07 Å². The molecule has 14 heavy (non-hydrogen) atoms. The average Bonchev–Trinajstić information content (AvgIpc) is 2.51. The molecular weight excluding hydrogens is 218 g/mol. The Labute approximate surface area is 87.9 Å². The monoisotopic (exact) mass is 229 g/mol. The lowest BCUT2D eigenvalue weighted by Gasteiger charge is -2.15. The van der Waals surface area contributed by atoms with Gasteiger partial charge in [0.15, 0.2) is 4.75 Å². The summed E-state index contributed by atoms with van der Waals surface area (Å²) in [4.78, 5) is 0. The van der Waals surface area contributed by atoms with Gasteiger partial charge in [0.25, 0.3) is 0 Å².